The third-order valence-corrected chi connectivity index (χ3v) is 6.33. The smallest absolute Gasteiger partial charge is 0.320 e. The molecule has 2 N–H and O–H groups in total. The molecule has 4 aromatic rings. The quantitative estimate of drug-likeness (QED) is 0.367. The molecule has 9 nitrogen and oxygen atoms in total. The van der Waals surface area contributed by atoms with Crippen molar-refractivity contribution in [1.29, 1.82) is 0 Å². The lowest BCUT2D eigenvalue weighted by Crippen LogP contribution is -2.53. The summed E-state index contributed by atoms with van der Waals surface area (Å²) in [6.45, 7) is 3.04. The first-order valence-corrected chi connectivity index (χ1v) is 11.7. The zero-order valence-electron chi connectivity index (χ0n) is 19.3. The number of rotatable bonds is 9. The summed E-state index contributed by atoms with van der Waals surface area (Å²) in [7, 11) is 0. The highest BCUT2D eigenvalue weighted by Crippen LogP contribution is 2.33. The van der Waals surface area contributed by atoms with Crippen molar-refractivity contribution in [2.24, 2.45) is 0 Å². The predicted octanol–water partition coefficient (Wildman–Crippen LogP) is 4.20. The number of aromatic nitrogens is 3. The summed E-state index contributed by atoms with van der Waals surface area (Å²) >= 11 is 0. The van der Waals surface area contributed by atoms with Gasteiger partial charge in [0.05, 0.1) is 6.10 Å². The van der Waals surface area contributed by atoms with Gasteiger partial charge in [0.25, 0.3) is 5.89 Å². The second-order valence-corrected chi connectivity index (χ2v) is 8.65. The van der Waals surface area contributed by atoms with Gasteiger partial charge >= 0.3 is 5.97 Å². The number of β-amino-alcohol motifs (C(OH)–C–C–N with tert-alkyl or cyclic N) is 1. The van der Waals surface area contributed by atoms with Crippen LogP contribution in [0.3, 0.4) is 0 Å². The van der Waals surface area contributed by atoms with Crippen LogP contribution in [-0.2, 0) is 11.2 Å². The predicted molar refractivity (Wildman–Crippen MR) is 127 cm³/mol. The molecule has 0 saturated carbocycles. The van der Waals surface area contributed by atoms with E-state index >= 15 is 0 Å². The summed E-state index contributed by atoms with van der Waals surface area (Å²) in [6, 6.07) is 16.5. The van der Waals surface area contributed by atoms with Gasteiger partial charge in [0.2, 0.25) is 5.82 Å². The van der Waals surface area contributed by atoms with Crippen molar-refractivity contribution in [3.05, 3.63) is 65.7 Å². The number of aliphatic hydroxyl groups is 1. The largest absolute Gasteiger partial charge is 0.480 e. The van der Waals surface area contributed by atoms with Crippen molar-refractivity contribution in [3.8, 4) is 34.3 Å². The van der Waals surface area contributed by atoms with Gasteiger partial charge in [-0.05, 0) is 18.4 Å². The Morgan fingerprint density at radius 1 is 1.09 bits per heavy atom. The second-order valence-electron chi connectivity index (χ2n) is 8.65. The fourth-order valence-electron chi connectivity index (χ4n) is 4.33. The minimum Gasteiger partial charge on any atom is -0.480 e. The van der Waals surface area contributed by atoms with E-state index in [1.54, 1.807) is 17.0 Å². The first-order chi connectivity index (χ1) is 17.0. The van der Waals surface area contributed by atoms with E-state index in [9.17, 15) is 15.0 Å². The van der Waals surface area contributed by atoms with Crippen LogP contribution in [0.25, 0.3) is 34.3 Å². The Morgan fingerprint density at radius 2 is 1.86 bits per heavy atom. The van der Waals surface area contributed by atoms with Gasteiger partial charge in [0.1, 0.15) is 6.04 Å². The van der Waals surface area contributed by atoms with Gasteiger partial charge in [-0.25, -0.2) is 0 Å². The topological polar surface area (TPSA) is 126 Å². The second kappa shape index (κ2) is 9.81. The van der Waals surface area contributed by atoms with Crippen molar-refractivity contribution < 1.29 is 24.1 Å². The van der Waals surface area contributed by atoms with Crippen molar-refractivity contribution >= 4 is 5.97 Å². The number of carboxylic acids is 1. The number of aliphatic carboxylic acids is 1. The molecule has 1 fully saturated rings. The summed E-state index contributed by atoms with van der Waals surface area (Å²) in [5.41, 5.74) is 3.84. The highest BCUT2D eigenvalue weighted by molar-refractivity contribution is 5.74. The number of nitrogens with zero attached hydrogens (tertiary/aromatic N) is 4. The zero-order chi connectivity index (χ0) is 24.4. The molecule has 0 spiro atoms. The summed E-state index contributed by atoms with van der Waals surface area (Å²) in [6.07, 6.45) is 1.49. The molecule has 3 heterocycles. The van der Waals surface area contributed by atoms with Crippen LogP contribution in [0.1, 0.15) is 37.0 Å². The molecule has 0 aliphatic carbocycles. The lowest BCUT2D eigenvalue weighted by molar-refractivity contribution is -0.149. The average Bonchev–Trinajstić information content (AvgIpc) is 3.50. The van der Waals surface area contributed by atoms with E-state index in [0.29, 0.717) is 35.8 Å². The molecule has 9 heteroatoms. The molecular formula is C26H26N4O5. The molecule has 2 atom stereocenters. The van der Waals surface area contributed by atoms with Crippen LogP contribution in [0.5, 0.6) is 0 Å². The summed E-state index contributed by atoms with van der Waals surface area (Å²) in [4.78, 5) is 17.5. The van der Waals surface area contributed by atoms with Gasteiger partial charge < -0.3 is 19.3 Å². The van der Waals surface area contributed by atoms with Crippen LogP contribution in [0, 0.1) is 0 Å². The lowest BCUT2D eigenvalue weighted by atomic mass is 10.00. The van der Waals surface area contributed by atoms with Crippen molar-refractivity contribution in [3.63, 3.8) is 0 Å². The van der Waals surface area contributed by atoms with Gasteiger partial charge in [-0.1, -0.05) is 78.3 Å². The maximum atomic E-state index is 11.2. The van der Waals surface area contributed by atoms with E-state index < -0.39 is 18.1 Å². The Morgan fingerprint density at radius 3 is 2.51 bits per heavy atom. The van der Waals surface area contributed by atoms with E-state index in [1.807, 2.05) is 42.5 Å². The normalized spacial score (nSPS) is 16.7. The van der Waals surface area contributed by atoms with Crippen LogP contribution in [0.4, 0.5) is 0 Å². The Labute approximate surface area is 202 Å². The molecule has 1 saturated heterocycles. The van der Waals surface area contributed by atoms with Gasteiger partial charge in [0.15, 0.2) is 11.5 Å². The van der Waals surface area contributed by atoms with Gasteiger partial charge in [-0.3, -0.25) is 9.69 Å². The molecule has 35 heavy (non-hydrogen) atoms. The minimum absolute atomic E-state index is 0.277. The number of carboxylic acid groups (broad SMARTS) is 1. The molecule has 0 bridgehead atoms. The van der Waals surface area contributed by atoms with E-state index in [4.69, 9.17) is 9.05 Å². The molecule has 2 aromatic carbocycles. The van der Waals surface area contributed by atoms with Crippen LogP contribution in [-0.4, -0.2) is 55.5 Å². The molecule has 2 aromatic heterocycles. The number of benzene rings is 2. The molecule has 1 aliphatic heterocycles. The maximum Gasteiger partial charge on any atom is 0.320 e. The molecule has 1 aliphatic rings. The number of likely N-dealkylation sites (tertiary alicyclic amines) is 1. The highest BCUT2D eigenvalue weighted by Gasteiger charge is 2.35. The van der Waals surface area contributed by atoms with Crippen LogP contribution in [0.2, 0.25) is 0 Å². The number of carbonyl (C=O) groups is 1. The molecule has 180 valence electrons. The first kappa shape index (κ1) is 22.9. The Bertz CT molecular complexity index is 1300. The van der Waals surface area contributed by atoms with Crippen molar-refractivity contribution in [2.75, 3.05) is 13.1 Å². The van der Waals surface area contributed by atoms with E-state index in [1.165, 1.54) is 0 Å². The number of hydrogen-bond acceptors (Lipinski definition) is 8. The molecule has 0 radical (unpaired) electrons. The van der Waals surface area contributed by atoms with E-state index in [-0.39, 0.29) is 12.4 Å². The minimum atomic E-state index is -0.850. The van der Waals surface area contributed by atoms with Crippen molar-refractivity contribution in [1.82, 2.24) is 20.2 Å². The van der Waals surface area contributed by atoms with Gasteiger partial charge in [-0.2, -0.15) is 4.98 Å². The number of aliphatic hydroxyl groups excluding tert-OH is 1. The summed E-state index contributed by atoms with van der Waals surface area (Å²) in [5.74, 6) is 0.544. The Balaban J connectivity index is 1.34. The third kappa shape index (κ3) is 4.60. The SMILES string of the molecule is CCCc1c(-c2nc(-c3ccc(C(O)CN4CCC4C(=O)O)cc3)no2)noc1-c1ccccc1. The van der Waals surface area contributed by atoms with Crippen LogP contribution < -0.4 is 0 Å². The fourth-order valence-corrected chi connectivity index (χ4v) is 4.33. The van der Waals surface area contributed by atoms with E-state index in [0.717, 1.165) is 29.5 Å². The third-order valence-electron chi connectivity index (χ3n) is 6.33. The van der Waals surface area contributed by atoms with Crippen molar-refractivity contribution in [2.45, 2.75) is 38.3 Å². The van der Waals surface area contributed by atoms with Crippen LogP contribution in [0.15, 0.2) is 63.6 Å². The van der Waals surface area contributed by atoms with Gasteiger partial charge in [0, 0.05) is 29.8 Å². The Kier molecular flexibility index (Phi) is 6.43. The van der Waals surface area contributed by atoms with Crippen LogP contribution >= 0.6 is 0 Å². The molecular weight excluding hydrogens is 448 g/mol. The molecule has 0 amide bonds. The standard InChI is InChI=1S/C26H26N4O5/c1-2-6-19-22(28-34-23(19)17-7-4-3-5-8-17)25-27-24(29-35-25)18-11-9-16(10-12-18)21(31)15-30-14-13-20(30)26(32)33/h3-5,7-12,20-21,31H,2,6,13-15H2,1H3,(H,32,33). The lowest BCUT2D eigenvalue weighted by Gasteiger charge is -2.39. The Hall–Kier alpha value is -3.82. The van der Waals surface area contributed by atoms with Gasteiger partial charge in [-0.15, -0.1) is 0 Å². The average molecular weight is 475 g/mol. The molecule has 5 rings (SSSR count). The number of hydrogen-bond donors (Lipinski definition) is 2. The van der Waals surface area contributed by atoms with E-state index in [2.05, 4.69) is 22.2 Å². The fraction of sp³-hybridized carbons (Fsp3) is 0.308. The zero-order valence-corrected chi connectivity index (χ0v) is 19.3. The highest BCUT2D eigenvalue weighted by atomic mass is 16.5. The monoisotopic (exact) mass is 474 g/mol. The maximum absolute atomic E-state index is 11.2. The molecule has 2 unspecified atom stereocenters. The summed E-state index contributed by atoms with van der Waals surface area (Å²) < 4.78 is 11.2. The first-order valence-electron chi connectivity index (χ1n) is 11.7. The summed E-state index contributed by atoms with van der Waals surface area (Å²) in [5, 5.41) is 28.1.